The van der Waals surface area contributed by atoms with Crippen molar-refractivity contribution in [1.82, 2.24) is 4.98 Å². The zero-order valence-electron chi connectivity index (χ0n) is 11.9. The number of thiazole rings is 1. The van der Waals surface area contributed by atoms with Crippen LogP contribution in [0.2, 0.25) is 0 Å². The number of benzene rings is 1. The van der Waals surface area contributed by atoms with Gasteiger partial charge in [0.15, 0.2) is 0 Å². The van der Waals surface area contributed by atoms with Crippen LogP contribution >= 0.6 is 11.3 Å². The van der Waals surface area contributed by atoms with Crippen LogP contribution in [-0.2, 0) is 12.0 Å². The smallest absolute Gasteiger partial charge is 0.119 e. The van der Waals surface area contributed by atoms with E-state index in [4.69, 9.17) is 4.74 Å². The molecule has 0 saturated heterocycles. The fourth-order valence-corrected chi connectivity index (χ4v) is 2.54. The summed E-state index contributed by atoms with van der Waals surface area (Å²) in [5.74, 6) is 0.870. The summed E-state index contributed by atoms with van der Waals surface area (Å²) in [5.41, 5.74) is 2.29. The van der Waals surface area contributed by atoms with E-state index >= 15 is 0 Å². The topological polar surface area (TPSA) is 34.1 Å². The van der Waals surface area contributed by atoms with Gasteiger partial charge in [-0.05, 0) is 24.3 Å². The number of hydrogen-bond acceptors (Lipinski definition) is 4. The summed E-state index contributed by atoms with van der Waals surface area (Å²) >= 11 is 1.73. The number of nitrogens with one attached hydrogen (secondary N) is 1. The van der Waals surface area contributed by atoms with Gasteiger partial charge in [-0.15, -0.1) is 11.3 Å². The van der Waals surface area contributed by atoms with E-state index in [2.05, 4.69) is 36.5 Å². The van der Waals surface area contributed by atoms with Crippen molar-refractivity contribution >= 4 is 17.0 Å². The summed E-state index contributed by atoms with van der Waals surface area (Å²) in [6.07, 6.45) is 0. The van der Waals surface area contributed by atoms with Gasteiger partial charge in [0.25, 0.3) is 0 Å². The Morgan fingerprint density at radius 1 is 1.21 bits per heavy atom. The van der Waals surface area contributed by atoms with Crippen molar-refractivity contribution in [3.8, 4) is 5.75 Å². The van der Waals surface area contributed by atoms with Crippen LogP contribution in [0.5, 0.6) is 5.75 Å². The Kier molecular flexibility index (Phi) is 4.10. The largest absolute Gasteiger partial charge is 0.497 e. The SMILES string of the molecule is COc1ccc(NCc2csc(C(C)(C)C)n2)cc1. The Labute approximate surface area is 118 Å². The van der Waals surface area contributed by atoms with Gasteiger partial charge in [-0.3, -0.25) is 0 Å². The van der Waals surface area contributed by atoms with E-state index in [9.17, 15) is 0 Å². The molecule has 0 unspecified atom stereocenters. The minimum absolute atomic E-state index is 0.128. The lowest BCUT2D eigenvalue weighted by molar-refractivity contribution is 0.415. The highest BCUT2D eigenvalue weighted by Crippen LogP contribution is 2.26. The molecule has 0 atom stereocenters. The molecule has 0 aliphatic carbocycles. The van der Waals surface area contributed by atoms with Crippen LogP contribution in [0.15, 0.2) is 29.6 Å². The van der Waals surface area contributed by atoms with E-state index in [0.717, 1.165) is 23.7 Å². The second-order valence-corrected chi connectivity index (χ2v) is 6.33. The van der Waals surface area contributed by atoms with Gasteiger partial charge in [-0.1, -0.05) is 20.8 Å². The first-order valence-corrected chi connectivity index (χ1v) is 7.20. The average molecular weight is 276 g/mol. The van der Waals surface area contributed by atoms with Gasteiger partial charge in [0.1, 0.15) is 5.75 Å². The van der Waals surface area contributed by atoms with Gasteiger partial charge in [0, 0.05) is 16.5 Å². The minimum atomic E-state index is 0.128. The number of anilines is 1. The third kappa shape index (κ3) is 3.70. The van der Waals surface area contributed by atoms with Crippen LogP contribution in [0.3, 0.4) is 0 Å². The number of aromatic nitrogens is 1. The normalized spacial score (nSPS) is 11.4. The molecule has 1 N–H and O–H groups in total. The molecule has 0 radical (unpaired) electrons. The van der Waals surface area contributed by atoms with Gasteiger partial charge in [0.2, 0.25) is 0 Å². The van der Waals surface area contributed by atoms with Crippen molar-refractivity contribution in [2.45, 2.75) is 32.7 Å². The molecular weight excluding hydrogens is 256 g/mol. The summed E-state index contributed by atoms with van der Waals surface area (Å²) in [5, 5.41) is 6.67. The predicted molar refractivity (Wildman–Crippen MR) is 81.1 cm³/mol. The molecule has 0 amide bonds. The maximum absolute atomic E-state index is 5.13. The Morgan fingerprint density at radius 3 is 2.42 bits per heavy atom. The fourth-order valence-electron chi connectivity index (χ4n) is 1.63. The second kappa shape index (κ2) is 5.61. The van der Waals surface area contributed by atoms with Gasteiger partial charge in [-0.25, -0.2) is 4.98 Å². The van der Waals surface area contributed by atoms with Crippen molar-refractivity contribution in [2.24, 2.45) is 0 Å². The van der Waals surface area contributed by atoms with Gasteiger partial charge < -0.3 is 10.1 Å². The van der Waals surface area contributed by atoms with E-state index in [1.54, 1.807) is 18.4 Å². The molecular formula is C15H20N2OS. The van der Waals surface area contributed by atoms with E-state index in [0.29, 0.717) is 0 Å². The molecule has 0 spiro atoms. The standard InChI is InChI=1S/C15H20N2OS/c1-15(2,3)14-17-12(10-19-14)9-16-11-5-7-13(18-4)8-6-11/h5-8,10,16H,9H2,1-4H3. The Morgan fingerprint density at radius 2 is 1.89 bits per heavy atom. The van der Waals surface area contributed by atoms with Crippen molar-refractivity contribution in [3.63, 3.8) is 0 Å². The van der Waals surface area contributed by atoms with Crippen LogP contribution in [-0.4, -0.2) is 12.1 Å². The summed E-state index contributed by atoms with van der Waals surface area (Å²) in [6, 6.07) is 7.92. The fraction of sp³-hybridized carbons (Fsp3) is 0.400. The number of ether oxygens (including phenoxy) is 1. The first-order chi connectivity index (χ1) is 8.99. The zero-order valence-corrected chi connectivity index (χ0v) is 12.7. The second-order valence-electron chi connectivity index (χ2n) is 5.48. The highest BCUT2D eigenvalue weighted by Gasteiger charge is 2.17. The lowest BCUT2D eigenvalue weighted by Crippen LogP contribution is -2.11. The van der Waals surface area contributed by atoms with Crippen molar-refractivity contribution in [3.05, 3.63) is 40.3 Å². The van der Waals surface area contributed by atoms with Gasteiger partial charge >= 0.3 is 0 Å². The number of nitrogens with zero attached hydrogens (tertiary/aromatic N) is 1. The Hall–Kier alpha value is -1.55. The first kappa shape index (κ1) is 13.9. The maximum atomic E-state index is 5.13. The lowest BCUT2D eigenvalue weighted by Gasteiger charge is -2.13. The Bertz CT molecular complexity index is 526. The van der Waals surface area contributed by atoms with E-state index < -0.39 is 0 Å². The highest BCUT2D eigenvalue weighted by molar-refractivity contribution is 7.09. The van der Waals surface area contributed by atoms with E-state index in [1.165, 1.54) is 5.01 Å². The van der Waals surface area contributed by atoms with Crippen LogP contribution in [0.4, 0.5) is 5.69 Å². The van der Waals surface area contributed by atoms with Crippen LogP contribution in [0, 0.1) is 0 Å². The maximum Gasteiger partial charge on any atom is 0.119 e. The molecule has 1 aromatic heterocycles. The third-order valence-electron chi connectivity index (χ3n) is 2.76. The van der Waals surface area contributed by atoms with Crippen molar-refractivity contribution in [2.75, 3.05) is 12.4 Å². The van der Waals surface area contributed by atoms with Crippen molar-refractivity contribution in [1.29, 1.82) is 0 Å². The molecule has 1 aromatic carbocycles. The van der Waals surface area contributed by atoms with Gasteiger partial charge in [-0.2, -0.15) is 0 Å². The molecule has 3 nitrogen and oxygen atoms in total. The molecule has 2 aromatic rings. The molecule has 19 heavy (non-hydrogen) atoms. The highest BCUT2D eigenvalue weighted by atomic mass is 32.1. The monoisotopic (exact) mass is 276 g/mol. The van der Waals surface area contributed by atoms with Crippen LogP contribution < -0.4 is 10.1 Å². The number of methoxy groups -OCH3 is 1. The van der Waals surface area contributed by atoms with E-state index in [1.807, 2.05) is 24.3 Å². The predicted octanol–water partition coefficient (Wildman–Crippen LogP) is 4.06. The number of hydrogen-bond donors (Lipinski definition) is 1. The van der Waals surface area contributed by atoms with E-state index in [-0.39, 0.29) is 5.41 Å². The van der Waals surface area contributed by atoms with Crippen LogP contribution in [0.25, 0.3) is 0 Å². The average Bonchev–Trinajstić information content (AvgIpc) is 2.86. The molecule has 1 heterocycles. The molecule has 0 saturated carbocycles. The summed E-state index contributed by atoms with van der Waals surface area (Å²) in [6.45, 7) is 7.31. The van der Waals surface area contributed by atoms with Gasteiger partial charge in [0.05, 0.1) is 24.4 Å². The first-order valence-electron chi connectivity index (χ1n) is 6.32. The third-order valence-corrected chi connectivity index (χ3v) is 4.07. The van der Waals surface area contributed by atoms with Crippen molar-refractivity contribution < 1.29 is 4.74 Å². The lowest BCUT2D eigenvalue weighted by atomic mass is 9.98. The minimum Gasteiger partial charge on any atom is -0.497 e. The molecule has 0 aliphatic heterocycles. The molecule has 102 valence electrons. The molecule has 4 heteroatoms. The molecule has 2 rings (SSSR count). The number of rotatable bonds is 4. The van der Waals surface area contributed by atoms with Crippen LogP contribution in [0.1, 0.15) is 31.5 Å². The quantitative estimate of drug-likeness (QED) is 0.914. The molecule has 0 aliphatic rings. The summed E-state index contributed by atoms with van der Waals surface area (Å²) < 4.78 is 5.13. The summed E-state index contributed by atoms with van der Waals surface area (Å²) in [7, 11) is 1.67. The summed E-state index contributed by atoms with van der Waals surface area (Å²) in [4.78, 5) is 4.66. The molecule has 0 fully saturated rings. The zero-order chi connectivity index (χ0) is 13.9. The molecule has 0 bridgehead atoms. The Balaban J connectivity index is 1.96.